The van der Waals surface area contributed by atoms with E-state index in [9.17, 15) is 9.59 Å². The van der Waals surface area contributed by atoms with Crippen molar-refractivity contribution in [2.75, 3.05) is 27.4 Å². The van der Waals surface area contributed by atoms with Gasteiger partial charge in [-0.25, -0.2) is 9.59 Å². The van der Waals surface area contributed by atoms with Crippen molar-refractivity contribution in [2.45, 2.75) is 138 Å². The monoisotopic (exact) mass is 940 g/mol. The van der Waals surface area contributed by atoms with Crippen LogP contribution in [0.4, 0.5) is 0 Å². The highest BCUT2D eigenvalue weighted by atomic mass is 32.2. The zero-order chi connectivity index (χ0) is 45.1. The Balaban J connectivity index is 0.749. The van der Waals surface area contributed by atoms with Gasteiger partial charge in [0.1, 0.15) is 22.7 Å². The first-order chi connectivity index (χ1) is 32.5. The predicted molar refractivity (Wildman–Crippen MR) is 247 cm³/mol. The van der Waals surface area contributed by atoms with Crippen molar-refractivity contribution in [3.8, 4) is 11.5 Å². The van der Waals surface area contributed by atoms with Gasteiger partial charge in [0.2, 0.25) is 11.6 Å². The first-order valence-electron chi connectivity index (χ1n) is 24.6. The molecule has 0 aromatic heterocycles. The summed E-state index contributed by atoms with van der Waals surface area (Å²) in [6, 6.07) is 26.7. The number of fused-ring (bicyclic) bond motifs is 8. The maximum Gasteiger partial charge on any atom is 0.341 e. The number of methoxy groups -OCH3 is 2. The summed E-state index contributed by atoms with van der Waals surface area (Å²) < 4.78 is 52.5. The summed E-state index contributed by atoms with van der Waals surface area (Å²) in [4.78, 5) is 33.3. The van der Waals surface area contributed by atoms with Crippen LogP contribution in [-0.2, 0) is 49.6 Å². The second-order valence-corrected chi connectivity index (χ2v) is 24.1. The van der Waals surface area contributed by atoms with Crippen molar-refractivity contribution in [1.82, 2.24) is 0 Å². The molecule has 4 aromatic rings. The molecule has 12 aliphatic rings. The van der Waals surface area contributed by atoms with Crippen LogP contribution >= 0.6 is 23.5 Å². The Morgan fingerprint density at radius 3 is 1.90 bits per heavy atom. The molecule has 67 heavy (non-hydrogen) atoms. The summed E-state index contributed by atoms with van der Waals surface area (Å²) in [5.41, 5.74) is 2.49. The van der Waals surface area contributed by atoms with Crippen LogP contribution in [0.2, 0.25) is 0 Å². The molecule has 0 N–H and O–H groups in total. The SMILES string of the molecule is COc1ccc2c(c1)C1(OCC(C)(C(=O)OC34CC5CC(C3)C(c3cccc6c3Sc3ccc(OC)cc3C63OCC(C(=O)OC67CC8CC(CC(C8)C6)C7)O3)C(C5)C4)O1)c1ccccc1S2. The van der Waals surface area contributed by atoms with E-state index in [1.165, 1.54) is 24.8 Å². The number of carbonyl (C=O) groups excluding carboxylic acids is 2. The van der Waals surface area contributed by atoms with Gasteiger partial charge in [-0.15, -0.1) is 0 Å². The van der Waals surface area contributed by atoms with Crippen molar-refractivity contribution < 1.29 is 47.5 Å². The minimum atomic E-state index is -1.33. The van der Waals surface area contributed by atoms with E-state index in [4.69, 9.17) is 37.9 Å². The number of esters is 2. The summed E-state index contributed by atoms with van der Waals surface area (Å²) in [5.74, 6) is 1.50. The first-order valence-corrected chi connectivity index (χ1v) is 26.2. The molecule has 8 bridgehead atoms. The number of hydrogen-bond acceptors (Lipinski definition) is 12. The van der Waals surface area contributed by atoms with Gasteiger partial charge in [-0.3, -0.25) is 0 Å². The number of hydrogen-bond donors (Lipinski definition) is 0. The zero-order valence-electron chi connectivity index (χ0n) is 38.2. The Morgan fingerprint density at radius 2 is 1.21 bits per heavy atom. The topological polar surface area (TPSA) is 108 Å². The maximum absolute atomic E-state index is 14.8. The molecule has 10 nitrogen and oxygen atoms in total. The van der Waals surface area contributed by atoms with Gasteiger partial charge in [-0.1, -0.05) is 59.9 Å². The second kappa shape index (κ2) is 14.7. The summed E-state index contributed by atoms with van der Waals surface area (Å²) in [7, 11) is 3.33. The molecule has 10 fully saturated rings. The van der Waals surface area contributed by atoms with E-state index in [-0.39, 0.29) is 36.7 Å². The molecule has 16 rings (SSSR count). The smallest absolute Gasteiger partial charge is 0.341 e. The third-order valence-corrected chi connectivity index (χ3v) is 20.1. The molecular formula is C55H56O10S2. The fraction of sp³-hybridized carbons (Fsp3) is 0.527. The van der Waals surface area contributed by atoms with E-state index in [0.29, 0.717) is 47.0 Å². The zero-order valence-corrected chi connectivity index (χ0v) is 39.8. The molecule has 2 saturated heterocycles. The molecule has 4 aromatic carbocycles. The number of ether oxygens (including phenoxy) is 8. The van der Waals surface area contributed by atoms with Crippen LogP contribution in [0.1, 0.15) is 111 Å². The lowest BCUT2D eigenvalue weighted by atomic mass is 9.49. The first kappa shape index (κ1) is 41.9. The molecular weight excluding hydrogens is 885 g/mol. The molecule has 6 unspecified atom stereocenters. The number of benzene rings is 4. The van der Waals surface area contributed by atoms with Crippen LogP contribution in [0.15, 0.2) is 98.4 Å². The Hall–Kier alpha value is -4.04. The Bertz CT molecular complexity index is 2700. The van der Waals surface area contributed by atoms with Gasteiger partial charge in [-0.05, 0) is 167 Å². The molecule has 8 saturated carbocycles. The van der Waals surface area contributed by atoms with E-state index in [0.717, 1.165) is 93.2 Å². The van der Waals surface area contributed by atoms with Gasteiger partial charge in [0.25, 0.3) is 0 Å². The van der Waals surface area contributed by atoms with E-state index < -0.39 is 28.9 Å². The summed E-state index contributed by atoms with van der Waals surface area (Å²) in [6.07, 6.45) is 10.5. The van der Waals surface area contributed by atoms with E-state index in [1.807, 2.05) is 55.5 Å². The van der Waals surface area contributed by atoms with Gasteiger partial charge in [-0.2, -0.15) is 0 Å². The van der Waals surface area contributed by atoms with Crippen molar-refractivity contribution in [3.63, 3.8) is 0 Å². The molecule has 12 heteroatoms. The van der Waals surface area contributed by atoms with Crippen molar-refractivity contribution in [3.05, 3.63) is 107 Å². The van der Waals surface area contributed by atoms with Gasteiger partial charge in [0.05, 0.1) is 27.4 Å². The van der Waals surface area contributed by atoms with Gasteiger partial charge < -0.3 is 37.9 Å². The molecule has 4 aliphatic heterocycles. The molecule has 8 aliphatic carbocycles. The van der Waals surface area contributed by atoms with Gasteiger partial charge in [0, 0.05) is 41.8 Å². The van der Waals surface area contributed by atoms with Crippen molar-refractivity contribution in [2.24, 2.45) is 35.5 Å². The van der Waals surface area contributed by atoms with Crippen molar-refractivity contribution in [1.29, 1.82) is 0 Å². The van der Waals surface area contributed by atoms with Crippen LogP contribution in [-0.4, -0.2) is 62.3 Å². The minimum Gasteiger partial charge on any atom is -0.497 e. The maximum atomic E-state index is 14.8. The molecule has 2 spiro atoms. The quantitative estimate of drug-likeness (QED) is 0.165. The highest BCUT2D eigenvalue weighted by Crippen LogP contribution is 2.66. The molecule has 0 radical (unpaired) electrons. The summed E-state index contributed by atoms with van der Waals surface area (Å²) >= 11 is 3.43. The fourth-order valence-electron chi connectivity index (χ4n) is 15.7. The Morgan fingerprint density at radius 1 is 0.612 bits per heavy atom. The third-order valence-electron chi connectivity index (χ3n) is 17.7. The molecule has 0 amide bonds. The Kier molecular flexibility index (Phi) is 9.22. The third kappa shape index (κ3) is 6.24. The lowest BCUT2D eigenvalue weighted by Crippen LogP contribution is -2.57. The standard InChI is InChI=1S/C55H56O10S2/c1-51(29-61-55(65-51)39-8-4-5-10-44(39)66-45-13-11-37(59-3)21-42(45)55)50(57)64-53-25-33-18-34(26-53)47(35(19-33)27-53)38-7-6-9-40-48(38)67-46-14-12-36(58-2)20-41(46)54(40)60-28-43(62-54)49(56)63-52-22-30-15-31(23-52)17-32(16-30)24-52/h4-14,20-21,30-35,43,47H,15-19,22-29H2,1-3H3. The van der Waals surface area contributed by atoms with E-state index in [2.05, 4.69) is 30.3 Å². The highest BCUT2D eigenvalue weighted by molar-refractivity contribution is 7.99. The predicted octanol–water partition coefficient (Wildman–Crippen LogP) is 10.7. The van der Waals surface area contributed by atoms with Crippen LogP contribution in [0.5, 0.6) is 11.5 Å². The van der Waals surface area contributed by atoms with Gasteiger partial charge >= 0.3 is 11.9 Å². The minimum absolute atomic E-state index is 0.0595. The summed E-state index contributed by atoms with van der Waals surface area (Å²) in [6.45, 7) is 2.00. The highest BCUT2D eigenvalue weighted by Gasteiger charge is 2.63. The van der Waals surface area contributed by atoms with Crippen LogP contribution in [0, 0.1) is 35.5 Å². The lowest BCUT2D eigenvalue weighted by Gasteiger charge is -2.60. The van der Waals surface area contributed by atoms with Crippen molar-refractivity contribution >= 4 is 35.5 Å². The fourth-order valence-corrected chi connectivity index (χ4v) is 18.1. The number of carbonyl (C=O) groups is 2. The largest absolute Gasteiger partial charge is 0.497 e. The summed E-state index contributed by atoms with van der Waals surface area (Å²) in [5, 5.41) is 0. The van der Waals surface area contributed by atoms with Crippen LogP contribution < -0.4 is 9.47 Å². The Labute approximate surface area is 399 Å². The molecule has 4 heterocycles. The lowest BCUT2D eigenvalue weighted by molar-refractivity contribution is -0.218. The van der Waals surface area contributed by atoms with Gasteiger partial charge in [0.15, 0.2) is 11.7 Å². The van der Waals surface area contributed by atoms with Crippen LogP contribution in [0.3, 0.4) is 0 Å². The average molecular weight is 941 g/mol. The number of rotatable bonds is 7. The second-order valence-electron chi connectivity index (χ2n) is 22.0. The molecule has 348 valence electrons. The van der Waals surface area contributed by atoms with E-state index in [1.54, 1.807) is 37.7 Å². The molecule has 6 atom stereocenters. The average Bonchev–Trinajstić information content (AvgIpc) is 3.92. The van der Waals surface area contributed by atoms with Crippen LogP contribution in [0.25, 0.3) is 0 Å². The van der Waals surface area contributed by atoms with E-state index >= 15 is 0 Å². The normalized spacial score (nSPS) is 39.7.